The quantitative estimate of drug-likeness (QED) is 0.796. The standard InChI is InChI=1S/C16H18N2/c1-3-4-10-18-11-9-14-13-7-5-6-8-15(13)17-16(14)12(18)2/h1,5-8,12,17H,4,9-11H2,2H3. The lowest BCUT2D eigenvalue weighted by molar-refractivity contribution is 0.201. The topological polar surface area (TPSA) is 19.0 Å². The van der Waals surface area contributed by atoms with Gasteiger partial charge >= 0.3 is 0 Å². The van der Waals surface area contributed by atoms with Crippen molar-refractivity contribution in [1.29, 1.82) is 0 Å². The Bertz CT molecular complexity index is 603. The van der Waals surface area contributed by atoms with E-state index >= 15 is 0 Å². The van der Waals surface area contributed by atoms with Crippen LogP contribution in [0, 0.1) is 12.3 Å². The molecule has 2 aromatic rings. The molecule has 0 spiro atoms. The Morgan fingerprint density at radius 2 is 2.28 bits per heavy atom. The fraction of sp³-hybridized carbons (Fsp3) is 0.375. The summed E-state index contributed by atoms with van der Waals surface area (Å²) in [5, 5.41) is 1.39. The number of rotatable bonds is 2. The number of terminal acetylenes is 1. The average Bonchev–Trinajstić information content (AvgIpc) is 2.78. The SMILES string of the molecule is C#CCCN1CCc2c([nH]c3ccccc23)C1C. The molecule has 1 aliphatic rings. The van der Waals surface area contributed by atoms with Gasteiger partial charge in [-0.05, 0) is 25.0 Å². The Hall–Kier alpha value is -1.72. The van der Waals surface area contributed by atoms with Gasteiger partial charge in [0, 0.05) is 42.1 Å². The molecule has 1 atom stereocenters. The van der Waals surface area contributed by atoms with Gasteiger partial charge in [0.2, 0.25) is 0 Å². The first kappa shape index (κ1) is 11.4. The Morgan fingerprint density at radius 1 is 1.44 bits per heavy atom. The number of nitrogens with one attached hydrogen (secondary N) is 1. The third-order valence-corrected chi connectivity index (χ3v) is 4.00. The molecule has 0 aliphatic carbocycles. The fourth-order valence-corrected chi connectivity index (χ4v) is 2.99. The largest absolute Gasteiger partial charge is 0.357 e. The second-order valence-electron chi connectivity index (χ2n) is 4.98. The molecule has 2 heteroatoms. The van der Waals surface area contributed by atoms with Crippen molar-refractivity contribution >= 4 is 10.9 Å². The Kier molecular flexibility index (Phi) is 2.85. The maximum atomic E-state index is 5.36. The first-order valence-electron chi connectivity index (χ1n) is 6.58. The van der Waals surface area contributed by atoms with Crippen molar-refractivity contribution < 1.29 is 0 Å². The molecule has 0 saturated heterocycles. The van der Waals surface area contributed by atoms with Gasteiger partial charge in [-0.2, -0.15) is 0 Å². The molecule has 0 saturated carbocycles. The van der Waals surface area contributed by atoms with Crippen molar-refractivity contribution in [2.24, 2.45) is 0 Å². The van der Waals surface area contributed by atoms with E-state index in [1.807, 2.05) is 0 Å². The summed E-state index contributed by atoms with van der Waals surface area (Å²) >= 11 is 0. The van der Waals surface area contributed by atoms with Gasteiger partial charge in [0.05, 0.1) is 0 Å². The highest BCUT2D eigenvalue weighted by molar-refractivity contribution is 5.85. The van der Waals surface area contributed by atoms with Crippen LogP contribution in [0.5, 0.6) is 0 Å². The molecule has 1 N–H and O–H groups in total. The van der Waals surface area contributed by atoms with Crippen molar-refractivity contribution in [2.45, 2.75) is 25.8 Å². The predicted octanol–water partition coefficient (Wildman–Crippen LogP) is 3.11. The molecule has 1 aromatic heterocycles. The van der Waals surface area contributed by atoms with Crippen LogP contribution in [0.3, 0.4) is 0 Å². The van der Waals surface area contributed by atoms with Crippen LogP contribution in [0.15, 0.2) is 24.3 Å². The van der Waals surface area contributed by atoms with Gasteiger partial charge in [-0.1, -0.05) is 18.2 Å². The molecule has 0 bridgehead atoms. The number of hydrogen-bond acceptors (Lipinski definition) is 1. The average molecular weight is 238 g/mol. The van der Waals surface area contributed by atoms with Gasteiger partial charge in [0.1, 0.15) is 0 Å². The van der Waals surface area contributed by atoms with Crippen molar-refractivity contribution in [1.82, 2.24) is 9.88 Å². The summed E-state index contributed by atoms with van der Waals surface area (Å²) in [6, 6.07) is 9.02. The van der Waals surface area contributed by atoms with Crippen LogP contribution in [0.4, 0.5) is 0 Å². The maximum Gasteiger partial charge on any atom is 0.0473 e. The Labute approximate surface area is 108 Å². The van der Waals surface area contributed by atoms with Gasteiger partial charge in [-0.25, -0.2) is 0 Å². The molecular weight excluding hydrogens is 220 g/mol. The third kappa shape index (κ3) is 1.72. The van der Waals surface area contributed by atoms with E-state index in [2.05, 4.69) is 47.0 Å². The minimum Gasteiger partial charge on any atom is -0.357 e. The molecular formula is C16H18N2. The number of hydrogen-bond donors (Lipinski definition) is 1. The molecule has 3 rings (SSSR count). The smallest absolute Gasteiger partial charge is 0.0473 e. The molecule has 2 nitrogen and oxygen atoms in total. The van der Waals surface area contributed by atoms with Gasteiger partial charge < -0.3 is 4.98 Å². The highest BCUT2D eigenvalue weighted by Gasteiger charge is 2.26. The molecule has 0 fully saturated rings. The second-order valence-corrected chi connectivity index (χ2v) is 4.98. The summed E-state index contributed by atoms with van der Waals surface area (Å²) in [5.74, 6) is 2.73. The van der Waals surface area contributed by atoms with Crippen molar-refractivity contribution in [2.75, 3.05) is 13.1 Å². The number of H-pyrrole nitrogens is 1. The van der Waals surface area contributed by atoms with Crippen LogP contribution < -0.4 is 0 Å². The lowest BCUT2D eigenvalue weighted by Crippen LogP contribution is -2.34. The van der Waals surface area contributed by atoms with Gasteiger partial charge in [0.15, 0.2) is 0 Å². The Balaban J connectivity index is 1.98. The van der Waals surface area contributed by atoms with Gasteiger partial charge in [-0.15, -0.1) is 12.3 Å². The molecule has 1 unspecified atom stereocenters. The summed E-state index contributed by atoms with van der Waals surface area (Å²) in [6.07, 6.45) is 7.32. The fourth-order valence-electron chi connectivity index (χ4n) is 2.99. The highest BCUT2D eigenvalue weighted by Crippen LogP contribution is 2.33. The van der Waals surface area contributed by atoms with E-state index in [4.69, 9.17) is 6.42 Å². The van der Waals surface area contributed by atoms with E-state index in [0.717, 1.165) is 25.9 Å². The molecule has 0 amide bonds. The van der Waals surface area contributed by atoms with E-state index in [9.17, 15) is 0 Å². The molecule has 92 valence electrons. The maximum absolute atomic E-state index is 5.36. The van der Waals surface area contributed by atoms with E-state index < -0.39 is 0 Å². The van der Waals surface area contributed by atoms with Crippen LogP contribution in [-0.4, -0.2) is 23.0 Å². The lowest BCUT2D eigenvalue weighted by atomic mass is 9.98. The Morgan fingerprint density at radius 3 is 3.11 bits per heavy atom. The van der Waals surface area contributed by atoms with E-state index in [-0.39, 0.29) is 0 Å². The third-order valence-electron chi connectivity index (χ3n) is 4.00. The van der Waals surface area contributed by atoms with E-state index in [0.29, 0.717) is 6.04 Å². The number of para-hydroxylation sites is 1. The van der Waals surface area contributed by atoms with Crippen LogP contribution in [-0.2, 0) is 6.42 Å². The molecule has 1 aromatic carbocycles. The number of aromatic nitrogens is 1. The van der Waals surface area contributed by atoms with Crippen LogP contribution in [0.25, 0.3) is 10.9 Å². The minimum absolute atomic E-state index is 0.439. The summed E-state index contributed by atoms with van der Waals surface area (Å²) in [5.41, 5.74) is 4.13. The number of benzene rings is 1. The molecule has 0 radical (unpaired) electrons. The van der Waals surface area contributed by atoms with Crippen LogP contribution in [0.2, 0.25) is 0 Å². The monoisotopic (exact) mass is 238 g/mol. The molecule has 18 heavy (non-hydrogen) atoms. The zero-order chi connectivity index (χ0) is 12.5. The van der Waals surface area contributed by atoms with Crippen LogP contribution >= 0.6 is 0 Å². The number of nitrogens with zero attached hydrogens (tertiary/aromatic N) is 1. The molecule has 1 aliphatic heterocycles. The summed E-state index contributed by atoms with van der Waals surface area (Å²) in [6.45, 7) is 4.37. The normalized spacial score (nSPS) is 19.7. The highest BCUT2D eigenvalue weighted by atomic mass is 15.2. The minimum atomic E-state index is 0.439. The van der Waals surface area contributed by atoms with Crippen molar-refractivity contribution in [3.05, 3.63) is 35.5 Å². The number of fused-ring (bicyclic) bond motifs is 3. The number of aromatic amines is 1. The van der Waals surface area contributed by atoms with E-state index in [1.54, 1.807) is 0 Å². The predicted molar refractivity (Wildman–Crippen MR) is 75.4 cm³/mol. The van der Waals surface area contributed by atoms with Gasteiger partial charge in [-0.3, -0.25) is 4.90 Å². The lowest BCUT2D eigenvalue weighted by Gasteiger charge is -2.33. The summed E-state index contributed by atoms with van der Waals surface area (Å²) in [7, 11) is 0. The second kappa shape index (κ2) is 4.51. The van der Waals surface area contributed by atoms with E-state index in [1.165, 1.54) is 22.2 Å². The van der Waals surface area contributed by atoms with Crippen molar-refractivity contribution in [3.63, 3.8) is 0 Å². The van der Waals surface area contributed by atoms with Gasteiger partial charge in [0.25, 0.3) is 0 Å². The first-order chi connectivity index (χ1) is 8.81. The first-order valence-corrected chi connectivity index (χ1v) is 6.58. The zero-order valence-electron chi connectivity index (χ0n) is 10.7. The van der Waals surface area contributed by atoms with Crippen molar-refractivity contribution in [3.8, 4) is 12.3 Å². The summed E-state index contributed by atoms with van der Waals surface area (Å²) < 4.78 is 0. The zero-order valence-corrected chi connectivity index (χ0v) is 10.7. The molecule has 2 heterocycles. The summed E-state index contributed by atoms with van der Waals surface area (Å²) in [4.78, 5) is 6.05. The van der Waals surface area contributed by atoms with Crippen LogP contribution in [0.1, 0.15) is 30.6 Å².